The van der Waals surface area contributed by atoms with E-state index in [-0.39, 0.29) is 42.2 Å². The third-order valence-corrected chi connectivity index (χ3v) is 2.18. The van der Waals surface area contributed by atoms with Gasteiger partial charge in [-0.05, 0) is 13.0 Å². The molecule has 4 nitrogen and oxygen atoms in total. The van der Waals surface area contributed by atoms with Crippen molar-refractivity contribution < 1.29 is 13.5 Å². The van der Waals surface area contributed by atoms with E-state index >= 15 is 0 Å². The summed E-state index contributed by atoms with van der Waals surface area (Å²) in [4.78, 5) is 4.05. The largest absolute Gasteiger partial charge is 0.434 e. The monoisotopic (exact) mass is 397 g/mol. The van der Waals surface area contributed by atoms with Gasteiger partial charge in [-0.25, -0.2) is 4.99 Å². The highest BCUT2D eigenvalue weighted by atomic mass is 127. The maximum Gasteiger partial charge on any atom is 0.387 e. The zero-order valence-corrected chi connectivity index (χ0v) is 13.4. The first-order chi connectivity index (χ1) is 8.99. The lowest BCUT2D eigenvalue weighted by atomic mass is 10.2. The molecule has 0 spiro atoms. The third kappa shape index (κ3) is 7.27. The molecule has 0 saturated heterocycles. The Hall–Kier alpha value is -1.38. The Morgan fingerprint density at radius 1 is 1.45 bits per heavy atom. The van der Waals surface area contributed by atoms with Crippen LogP contribution >= 0.6 is 24.0 Å². The van der Waals surface area contributed by atoms with Gasteiger partial charge in [-0.2, -0.15) is 8.78 Å². The quantitative estimate of drug-likeness (QED) is 0.336. The number of nitrogens with two attached hydrogens (primary N) is 1. The topological polar surface area (TPSA) is 59.6 Å². The van der Waals surface area contributed by atoms with Crippen LogP contribution in [0.25, 0.3) is 0 Å². The second-order valence-electron chi connectivity index (χ2n) is 4.00. The Morgan fingerprint density at radius 2 is 2.10 bits per heavy atom. The average molecular weight is 397 g/mol. The van der Waals surface area contributed by atoms with Crippen LogP contribution in [0.4, 0.5) is 8.78 Å². The fourth-order valence-electron chi connectivity index (χ4n) is 1.31. The first-order valence-corrected chi connectivity index (χ1v) is 5.70. The van der Waals surface area contributed by atoms with Gasteiger partial charge in [0.1, 0.15) is 5.75 Å². The van der Waals surface area contributed by atoms with Gasteiger partial charge in [-0.15, -0.1) is 24.0 Å². The SMILES string of the molecule is C=C(C)CNC(N)=NCc1ccccc1OC(F)F.I. The smallest absolute Gasteiger partial charge is 0.387 e. The normalized spacial score (nSPS) is 10.9. The van der Waals surface area contributed by atoms with Crippen LogP contribution in [-0.2, 0) is 6.54 Å². The average Bonchev–Trinajstić information content (AvgIpc) is 2.34. The summed E-state index contributed by atoms with van der Waals surface area (Å²) in [5, 5.41) is 2.85. The molecule has 0 fully saturated rings. The van der Waals surface area contributed by atoms with E-state index < -0.39 is 6.61 Å². The summed E-state index contributed by atoms with van der Waals surface area (Å²) in [5.74, 6) is 0.337. The number of nitrogens with one attached hydrogen (secondary N) is 1. The van der Waals surface area contributed by atoms with E-state index in [2.05, 4.69) is 21.6 Å². The van der Waals surface area contributed by atoms with E-state index in [1.54, 1.807) is 18.2 Å². The minimum atomic E-state index is -2.86. The molecule has 0 unspecified atom stereocenters. The molecule has 7 heteroatoms. The predicted molar refractivity (Wildman–Crippen MR) is 86.6 cm³/mol. The highest BCUT2D eigenvalue weighted by molar-refractivity contribution is 14.0. The number of hydrogen-bond acceptors (Lipinski definition) is 2. The van der Waals surface area contributed by atoms with Crippen molar-refractivity contribution in [2.24, 2.45) is 10.7 Å². The maximum atomic E-state index is 12.2. The number of rotatable bonds is 6. The van der Waals surface area contributed by atoms with Crippen LogP contribution in [0.3, 0.4) is 0 Å². The van der Waals surface area contributed by atoms with Crippen molar-refractivity contribution in [1.82, 2.24) is 5.32 Å². The molecule has 0 aromatic heterocycles. The van der Waals surface area contributed by atoms with Gasteiger partial charge in [0.2, 0.25) is 0 Å². The molecular weight excluding hydrogens is 379 g/mol. The zero-order valence-electron chi connectivity index (χ0n) is 11.1. The van der Waals surface area contributed by atoms with Crippen molar-refractivity contribution in [3.63, 3.8) is 0 Å². The summed E-state index contributed by atoms with van der Waals surface area (Å²) in [6, 6.07) is 6.47. The van der Waals surface area contributed by atoms with Gasteiger partial charge < -0.3 is 15.8 Å². The second kappa shape index (κ2) is 9.51. The molecule has 1 aromatic carbocycles. The highest BCUT2D eigenvalue weighted by Crippen LogP contribution is 2.20. The standard InChI is InChI=1S/C13H17F2N3O.HI/c1-9(2)7-17-13(16)18-8-10-5-3-4-6-11(10)19-12(14)15;/h3-6,12H,1,7-8H2,2H3,(H3,16,17,18);1H. The Morgan fingerprint density at radius 3 is 2.70 bits per heavy atom. The van der Waals surface area contributed by atoms with Gasteiger partial charge in [-0.3, -0.25) is 0 Å². The number of benzene rings is 1. The number of guanidine groups is 1. The van der Waals surface area contributed by atoms with E-state index in [0.29, 0.717) is 12.1 Å². The van der Waals surface area contributed by atoms with Crippen molar-refractivity contribution in [3.8, 4) is 5.75 Å². The van der Waals surface area contributed by atoms with Crippen LogP contribution in [0.5, 0.6) is 5.75 Å². The van der Waals surface area contributed by atoms with E-state index in [4.69, 9.17) is 5.73 Å². The number of para-hydroxylation sites is 1. The van der Waals surface area contributed by atoms with E-state index in [1.807, 2.05) is 6.92 Å². The van der Waals surface area contributed by atoms with Crippen molar-refractivity contribution in [1.29, 1.82) is 0 Å². The zero-order chi connectivity index (χ0) is 14.3. The Kier molecular flexibility index (Phi) is 8.86. The molecule has 0 radical (unpaired) electrons. The van der Waals surface area contributed by atoms with Gasteiger partial charge in [0.25, 0.3) is 0 Å². The molecule has 0 bridgehead atoms. The molecule has 0 aliphatic heterocycles. The second-order valence-corrected chi connectivity index (χ2v) is 4.00. The fourth-order valence-corrected chi connectivity index (χ4v) is 1.31. The van der Waals surface area contributed by atoms with Gasteiger partial charge in [-0.1, -0.05) is 30.4 Å². The minimum Gasteiger partial charge on any atom is -0.434 e. The lowest BCUT2D eigenvalue weighted by Crippen LogP contribution is -2.32. The number of nitrogens with zero attached hydrogens (tertiary/aromatic N) is 1. The molecular formula is C13H18F2IN3O. The third-order valence-electron chi connectivity index (χ3n) is 2.18. The van der Waals surface area contributed by atoms with Gasteiger partial charge in [0, 0.05) is 12.1 Å². The van der Waals surface area contributed by atoms with Crippen molar-refractivity contribution in [2.75, 3.05) is 6.54 Å². The molecule has 1 rings (SSSR count). The first-order valence-electron chi connectivity index (χ1n) is 5.70. The Labute approximate surface area is 134 Å². The van der Waals surface area contributed by atoms with Crippen LogP contribution in [0.1, 0.15) is 12.5 Å². The van der Waals surface area contributed by atoms with Crippen molar-refractivity contribution in [2.45, 2.75) is 20.1 Å². The number of aliphatic imine (C=N–C) groups is 1. The number of alkyl halides is 2. The van der Waals surface area contributed by atoms with Crippen LogP contribution in [0.15, 0.2) is 41.4 Å². The molecule has 0 heterocycles. The summed E-state index contributed by atoms with van der Waals surface area (Å²) in [6.07, 6.45) is 0. The number of ether oxygens (including phenoxy) is 1. The molecule has 3 N–H and O–H groups in total. The van der Waals surface area contributed by atoms with Gasteiger partial charge >= 0.3 is 6.61 Å². The highest BCUT2D eigenvalue weighted by Gasteiger charge is 2.08. The molecule has 0 saturated carbocycles. The molecule has 0 atom stereocenters. The first kappa shape index (κ1) is 18.6. The lowest BCUT2D eigenvalue weighted by molar-refractivity contribution is -0.0504. The van der Waals surface area contributed by atoms with E-state index in [1.165, 1.54) is 6.07 Å². The summed E-state index contributed by atoms with van der Waals surface area (Å²) in [6.45, 7) is 3.39. The fraction of sp³-hybridized carbons (Fsp3) is 0.308. The van der Waals surface area contributed by atoms with Crippen molar-refractivity contribution >= 4 is 29.9 Å². The molecule has 0 aliphatic carbocycles. The van der Waals surface area contributed by atoms with Gasteiger partial charge in [0.15, 0.2) is 5.96 Å². The summed E-state index contributed by atoms with van der Waals surface area (Å²) >= 11 is 0. The number of halogens is 3. The molecule has 112 valence electrons. The van der Waals surface area contributed by atoms with Crippen LogP contribution in [-0.4, -0.2) is 19.1 Å². The Bertz CT molecular complexity index is 467. The lowest BCUT2D eigenvalue weighted by Gasteiger charge is -2.09. The molecule has 0 amide bonds. The molecule has 0 aliphatic rings. The van der Waals surface area contributed by atoms with Gasteiger partial charge in [0.05, 0.1) is 6.54 Å². The molecule has 20 heavy (non-hydrogen) atoms. The van der Waals surface area contributed by atoms with Crippen molar-refractivity contribution in [3.05, 3.63) is 42.0 Å². The summed E-state index contributed by atoms with van der Waals surface area (Å²) in [5.41, 5.74) is 7.09. The summed E-state index contributed by atoms with van der Waals surface area (Å²) in [7, 11) is 0. The number of hydrogen-bond donors (Lipinski definition) is 2. The van der Waals surface area contributed by atoms with Crippen LogP contribution in [0, 0.1) is 0 Å². The predicted octanol–water partition coefficient (Wildman–Crippen LogP) is 2.89. The maximum absolute atomic E-state index is 12.2. The minimum absolute atomic E-state index is 0. The van der Waals surface area contributed by atoms with Crippen LogP contribution in [0.2, 0.25) is 0 Å². The van der Waals surface area contributed by atoms with E-state index in [0.717, 1.165) is 5.57 Å². The molecule has 1 aromatic rings. The Balaban J connectivity index is 0.00000361. The van der Waals surface area contributed by atoms with E-state index in [9.17, 15) is 8.78 Å². The van der Waals surface area contributed by atoms with Crippen LogP contribution < -0.4 is 15.8 Å². The summed E-state index contributed by atoms with van der Waals surface area (Å²) < 4.78 is 28.8.